The van der Waals surface area contributed by atoms with Crippen LogP contribution >= 0.6 is 0 Å². The highest BCUT2D eigenvalue weighted by Gasteiger charge is 2.38. The molecule has 0 aromatic heterocycles. The van der Waals surface area contributed by atoms with Crippen LogP contribution in [0.25, 0.3) is 0 Å². The fraction of sp³-hybridized carbons (Fsp3) is 0.667. The van der Waals surface area contributed by atoms with E-state index in [4.69, 9.17) is 0 Å². The number of nitrogens with one attached hydrogen (secondary N) is 4. The van der Waals surface area contributed by atoms with Crippen molar-refractivity contribution in [2.45, 2.75) is 111 Å². The number of amides is 5. The molecular weight excluding hydrogens is 546 g/mol. The zero-order chi connectivity index (χ0) is 32.4. The summed E-state index contributed by atoms with van der Waals surface area (Å²) in [6.07, 6.45) is 1.26. The van der Waals surface area contributed by atoms with Gasteiger partial charge in [0.2, 0.25) is 29.5 Å². The van der Waals surface area contributed by atoms with Crippen molar-refractivity contribution in [2.24, 2.45) is 23.7 Å². The predicted molar refractivity (Wildman–Crippen MR) is 168 cm³/mol. The third-order valence-electron chi connectivity index (χ3n) is 7.64. The fourth-order valence-electron chi connectivity index (χ4n) is 5.33. The zero-order valence-corrected chi connectivity index (χ0v) is 27.4. The van der Waals surface area contributed by atoms with Gasteiger partial charge in [-0.25, -0.2) is 0 Å². The van der Waals surface area contributed by atoms with Gasteiger partial charge in [0.15, 0.2) is 0 Å². The molecule has 0 aliphatic carbocycles. The Balaban J connectivity index is 2.66. The van der Waals surface area contributed by atoms with Crippen LogP contribution in [0.1, 0.15) is 80.2 Å². The van der Waals surface area contributed by atoms with Gasteiger partial charge in [-0.2, -0.15) is 0 Å². The van der Waals surface area contributed by atoms with E-state index in [1.54, 1.807) is 7.05 Å². The van der Waals surface area contributed by atoms with Crippen LogP contribution in [0.15, 0.2) is 30.3 Å². The quantitative estimate of drug-likeness (QED) is 0.346. The molecule has 1 aliphatic heterocycles. The maximum Gasteiger partial charge on any atom is 0.245 e. The maximum absolute atomic E-state index is 14.1. The smallest absolute Gasteiger partial charge is 0.245 e. The van der Waals surface area contributed by atoms with E-state index < -0.39 is 59.7 Å². The van der Waals surface area contributed by atoms with Gasteiger partial charge in [0.25, 0.3) is 0 Å². The van der Waals surface area contributed by atoms with Gasteiger partial charge in [-0.15, -0.1) is 0 Å². The Morgan fingerprint density at radius 1 is 0.605 bits per heavy atom. The monoisotopic (exact) mass is 599 g/mol. The summed E-state index contributed by atoms with van der Waals surface area (Å²) >= 11 is 0. The lowest BCUT2D eigenvalue weighted by Gasteiger charge is -2.33. The highest BCUT2D eigenvalue weighted by molar-refractivity contribution is 5.98. The summed E-state index contributed by atoms with van der Waals surface area (Å²) in [6.45, 7) is 15.3. The van der Waals surface area contributed by atoms with Crippen LogP contribution < -0.4 is 21.3 Å². The summed E-state index contributed by atoms with van der Waals surface area (Å²) < 4.78 is 0. The maximum atomic E-state index is 14.1. The van der Waals surface area contributed by atoms with Gasteiger partial charge in [-0.3, -0.25) is 24.0 Å². The third kappa shape index (κ3) is 11.0. The molecule has 1 aromatic rings. The molecule has 10 heteroatoms. The van der Waals surface area contributed by atoms with Crippen molar-refractivity contribution in [3.05, 3.63) is 35.9 Å². The van der Waals surface area contributed by atoms with Crippen LogP contribution in [0.3, 0.4) is 0 Å². The first-order valence-electron chi connectivity index (χ1n) is 15.6. The highest BCUT2D eigenvalue weighted by atomic mass is 16.2. The molecule has 240 valence electrons. The Bertz CT molecular complexity index is 1100. The average molecular weight is 600 g/mol. The van der Waals surface area contributed by atoms with Crippen molar-refractivity contribution in [3.63, 3.8) is 0 Å². The van der Waals surface area contributed by atoms with Crippen molar-refractivity contribution in [2.75, 3.05) is 7.05 Å². The fourth-order valence-corrected chi connectivity index (χ4v) is 5.33. The second kappa shape index (κ2) is 16.4. The molecule has 4 N–H and O–H groups in total. The van der Waals surface area contributed by atoms with Gasteiger partial charge in [0, 0.05) is 13.5 Å². The van der Waals surface area contributed by atoms with Gasteiger partial charge >= 0.3 is 0 Å². The second-order valence-electron chi connectivity index (χ2n) is 13.5. The molecule has 1 aliphatic rings. The van der Waals surface area contributed by atoms with E-state index in [9.17, 15) is 24.0 Å². The number of benzene rings is 1. The van der Waals surface area contributed by atoms with E-state index in [-0.39, 0.29) is 30.1 Å². The molecule has 0 radical (unpaired) electrons. The van der Waals surface area contributed by atoms with Crippen molar-refractivity contribution >= 4 is 29.5 Å². The lowest BCUT2D eigenvalue weighted by atomic mass is 9.97. The van der Waals surface area contributed by atoms with Gasteiger partial charge in [0.05, 0.1) is 0 Å². The van der Waals surface area contributed by atoms with Gasteiger partial charge in [-0.1, -0.05) is 85.7 Å². The van der Waals surface area contributed by atoms with Crippen molar-refractivity contribution < 1.29 is 24.0 Å². The zero-order valence-electron chi connectivity index (χ0n) is 27.4. The van der Waals surface area contributed by atoms with Gasteiger partial charge in [0.1, 0.15) is 30.2 Å². The third-order valence-corrected chi connectivity index (χ3v) is 7.64. The SMILES string of the molecule is CC(C)C[C@@H]1NC(=O)[C@@H](C(C)C)NC(=O)[C@H](CC(C)C)NC(=O)[C@H](CC(C)C)N(C)C(=O)[C@H](Cc2ccccc2)NC1=O. The standard InChI is InChI=1S/C33H53N5O5/c1-19(2)15-24-29(39)36-26(18-23-13-11-10-12-14-23)33(43)38(9)27(17-21(5)6)31(41)34-25(16-20(3)4)30(40)37-28(22(7)8)32(42)35-24/h10-14,19-22,24-28H,15-18H2,1-9H3,(H,34,41)(H,35,42)(H,36,39)(H,37,40)/t24-,25-,26-,27-,28+/m0/s1. The lowest BCUT2D eigenvalue weighted by Crippen LogP contribution is -2.59. The number of carbonyl (C=O) groups is 5. The molecule has 1 saturated heterocycles. The molecule has 1 fully saturated rings. The summed E-state index contributed by atoms with van der Waals surface area (Å²) in [5, 5.41) is 11.5. The average Bonchev–Trinajstić information content (AvgIpc) is 2.91. The van der Waals surface area contributed by atoms with E-state index >= 15 is 0 Å². The summed E-state index contributed by atoms with van der Waals surface area (Å²) in [4.78, 5) is 70.2. The molecule has 0 spiro atoms. The van der Waals surface area contributed by atoms with Gasteiger partial charge < -0.3 is 26.2 Å². The topological polar surface area (TPSA) is 137 Å². The summed E-state index contributed by atoms with van der Waals surface area (Å²) in [5.74, 6) is -2.43. The van der Waals surface area contributed by atoms with Crippen molar-refractivity contribution in [3.8, 4) is 0 Å². The molecule has 5 atom stereocenters. The van der Waals surface area contributed by atoms with Crippen LogP contribution in [0.5, 0.6) is 0 Å². The Hall–Kier alpha value is -3.43. The largest absolute Gasteiger partial charge is 0.343 e. The highest BCUT2D eigenvalue weighted by Crippen LogP contribution is 2.17. The molecule has 2 rings (SSSR count). The molecule has 0 unspecified atom stereocenters. The van der Waals surface area contributed by atoms with Crippen molar-refractivity contribution in [1.29, 1.82) is 0 Å². The number of rotatable bonds is 9. The molecule has 0 bridgehead atoms. The number of likely N-dealkylation sites (N-methyl/N-ethyl adjacent to an activating group) is 1. The normalized spacial score (nSPS) is 24.9. The minimum atomic E-state index is -0.980. The molecule has 10 nitrogen and oxygen atoms in total. The molecule has 43 heavy (non-hydrogen) atoms. The first-order chi connectivity index (χ1) is 20.1. The Morgan fingerprint density at radius 2 is 1.07 bits per heavy atom. The summed E-state index contributed by atoms with van der Waals surface area (Å²) in [5.41, 5.74) is 0.841. The minimum Gasteiger partial charge on any atom is -0.343 e. The summed E-state index contributed by atoms with van der Waals surface area (Å²) in [7, 11) is 1.57. The number of hydrogen-bond donors (Lipinski definition) is 4. The van der Waals surface area contributed by atoms with Crippen LogP contribution in [0.4, 0.5) is 0 Å². The van der Waals surface area contributed by atoms with E-state index in [1.165, 1.54) is 4.90 Å². The first kappa shape index (κ1) is 35.8. The lowest BCUT2D eigenvalue weighted by molar-refractivity contribution is -0.143. The Kier molecular flexibility index (Phi) is 13.7. The van der Waals surface area contributed by atoms with Crippen LogP contribution in [-0.2, 0) is 30.4 Å². The molecule has 0 saturated carbocycles. The van der Waals surface area contributed by atoms with E-state index in [1.807, 2.05) is 85.7 Å². The molecule has 5 amide bonds. The van der Waals surface area contributed by atoms with Crippen LogP contribution in [0, 0.1) is 23.7 Å². The van der Waals surface area contributed by atoms with Crippen molar-refractivity contribution in [1.82, 2.24) is 26.2 Å². The Labute approximate surface area is 257 Å². The molecule has 1 heterocycles. The Morgan fingerprint density at radius 3 is 1.56 bits per heavy atom. The predicted octanol–water partition coefficient (Wildman–Crippen LogP) is 2.80. The van der Waals surface area contributed by atoms with E-state index in [2.05, 4.69) is 21.3 Å². The molecule has 1 aromatic carbocycles. The van der Waals surface area contributed by atoms with E-state index in [0.717, 1.165) is 5.56 Å². The van der Waals surface area contributed by atoms with Gasteiger partial charge in [-0.05, 0) is 48.5 Å². The first-order valence-corrected chi connectivity index (χ1v) is 15.6. The number of hydrogen-bond acceptors (Lipinski definition) is 5. The second-order valence-corrected chi connectivity index (χ2v) is 13.5. The molecular formula is C33H53N5O5. The summed E-state index contributed by atoms with van der Waals surface area (Å²) in [6, 6.07) is 4.73. The minimum absolute atomic E-state index is 0.0591. The van der Waals surface area contributed by atoms with Crippen LogP contribution in [0.2, 0.25) is 0 Å². The number of nitrogens with zero attached hydrogens (tertiary/aromatic N) is 1. The van der Waals surface area contributed by atoms with Crippen LogP contribution in [-0.4, -0.2) is 71.7 Å². The number of carbonyl (C=O) groups excluding carboxylic acids is 5. The van der Waals surface area contributed by atoms with E-state index in [0.29, 0.717) is 19.3 Å².